The van der Waals surface area contributed by atoms with Crippen molar-refractivity contribution in [2.75, 3.05) is 6.61 Å². The minimum atomic E-state index is -1.28. The average molecular weight is 252 g/mol. The Labute approximate surface area is 105 Å². The van der Waals surface area contributed by atoms with Crippen LogP contribution in [0.3, 0.4) is 0 Å². The van der Waals surface area contributed by atoms with E-state index in [2.05, 4.69) is 6.92 Å². The summed E-state index contributed by atoms with van der Waals surface area (Å²) in [4.78, 5) is 10.7. The quantitative estimate of drug-likeness (QED) is 0.823. The predicted molar refractivity (Wildman–Crippen MR) is 64.5 cm³/mol. The first kappa shape index (κ1) is 13.0. The fraction of sp³-hybridized carbons (Fsp3) is 0.417. The van der Waals surface area contributed by atoms with Crippen molar-refractivity contribution in [2.24, 2.45) is 0 Å². The first-order chi connectivity index (χ1) is 8.61. The van der Waals surface area contributed by atoms with Gasteiger partial charge in [0.2, 0.25) is 0 Å². The van der Waals surface area contributed by atoms with Gasteiger partial charge in [-0.1, -0.05) is 19.4 Å². The first-order valence-electron chi connectivity index (χ1n) is 5.91. The van der Waals surface area contributed by atoms with Crippen LogP contribution in [0.15, 0.2) is 18.2 Å². The minimum absolute atomic E-state index is 0.0298. The van der Waals surface area contributed by atoms with Crippen molar-refractivity contribution in [1.29, 1.82) is 0 Å². The third-order valence-electron chi connectivity index (χ3n) is 2.86. The van der Waals surface area contributed by atoms with Crippen LogP contribution in [0.2, 0.25) is 0 Å². The maximum Gasteiger partial charge on any atom is 0.494 e. The van der Waals surface area contributed by atoms with E-state index < -0.39 is 18.9 Å². The van der Waals surface area contributed by atoms with E-state index in [4.69, 9.17) is 14.4 Å². The highest BCUT2D eigenvalue weighted by atomic mass is 19.1. The monoisotopic (exact) mass is 252 g/mol. The summed E-state index contributed by atoms with van der Waals surface area (Å²) in [6.07, 6.45) is 1.92. The Hall–Kier alpha value is -1.40. The molecule has 18 heavy (non-hydrogen) atoms. The average Bonchev–Trinajstić information content (AvgIpc) is 2.77. The normalized spacial score (nSPS) is 19.2. The van der Waals surface area contributed by atoms with E-state index in [1.54, 1.807) is 0 Å². The van der Waals surface area contributed by atoms with Gasteiger partial charge < -0.3 is 14.4 Å². The van der Waals surface area contributed by atoms with E-state index in [-0.39, 0.29) is 11.7 Å². The zero-order valence-corrected chi connectivity index (χ0v) is 10.1. The molecule has 1 aromatic rings. The van der Waals surface area contributed by atoms with Crippen molar-refractivity contribution in [3.05, 3.63) is 29.6 Å². The molecule has 1 aromatic carbocycles. The Morgan fingerprint density at radius 2 is 2.39 bits per heavy atom. The smallest absolute Gasteiger partial charge is 0.478 e. The van der Waals surface area contributed by atoms with Gasteiger partial charge >= 0.3 is 13.1 Å². The number of carboxylic acids is 1. The number of carboxylic acid groups (broad SMARTS) is 1. The van der Waals surface area contributed by atoms with Gasteiger partial charge in [0.1, 0.15) is 5.82 Å². The molecule has 2 rings (SSSR count). The van der Waals surface area contributed by atoms with Crippen molar-refractivity contribution in [3.8, 4) is 0 Å². The molecule has 1 heterocycles. The van der Waals surface area contributed by atoms with Crippen LogP contribution in [0.1, 0.15) is 30.1 Å². The zero-order chi connectivity index (χ0) is 13.1. The fourth-order valence-electron chi connectivity index (χ4n) is 1.95. The Kier molecular flexibility index (Phi) is 3.99. The lowest BCUT2D eigenvalue weighted by Gasteiger charge is -2.08. The van der Waals surface area contributed by atoms with Gasteiger partial charge in [-0.3, -0.25) is 0 Å². The highest BCUT2D eigenvalue weighted by molar-refractivity contribution is 6.61. The molecule has 96 valence electrons. The van der Waals surface area contributed by atoms with Crippen LogP contribution in [0.4, 0.5) is 4.39 Å². The summed E-state index contributed by atoms with van der Waals surface area (Å²) < 4.78 is 24.5. The van der Waals surface area contributed by atoms with E-state index in [1.165, 1.54) is 12.1 Å². The molecule has 0 saturated carbocycles. The van der Waals surface area contributed by atoms with E-state index in [9.17, 15) is 9.18 Å². The van der Waals surface area contributed by atoms with Gasteiger partial charge in [-0.15, -0.1) is 0 Å². The molecule has 0 amide bonds. The molecule has 0 spiro atoms. The highest BCUT2D eigenvalue weighted by Gasteiger charge is 2.33. The van der Waals surface area contributed by atoms with Crippen molar-refractivity contribution < 1.29 is 23.6 Å². The molecule has 6 heteroatoms. The highest BCUT2D eigenvalue weighted by Crippen LogP contribution is 2.14. The van der Waals surface area contributed by atoms with Gasteiger partial charge in [-0.05, 0) is 24.0 Å². The molecule has 1 unspecified atom stereocenters. The number of benzene rings is 1. The molecular weight excluding hydrogens is 238 g/mol. The number of carbonyl (C=O) groups is 1. The molecule has 1 N–H and O–H groups in total. The number of aromatic carboxylic acids is 1. The second-order valence-corrected chi connectivity index (χ2v) is 4.26. The summed E-state index contributed by atoms with van der Waals surface area (Å²) in [6, 6.07) is 3.90. The van der Waals surface area contributed by atoms with Gasteiger partial charge in [-0.25, -0.2) is 9.18 Å². The van der Waals surface area contributed by atoms with Gasteiger partial charge in [0.15, 0.2) is 0 Å². The molecule has 1 aliphatic heterocycles. The van der Waals surface area contributed by atoms with Crippen molar-refractivity contribution in [1.82, 2.24) is 0 Å². The van der Waals surface area contributed by atoms with Crippen molar-refractivity contribution in [3.63, 3.8) is 0 Å². The van der Waals surface area contributed by atoms with Crippen LogP contribution < -0.4 is 5.46 Å². The summed E-state index contributed by atoms with van der Waals surface area (Å²) in [5, 5.41) is 8.73. The predicted octanol–water partition coefficient (Wildman–Crippen LogP) is 1.43. The lowest BCUT2D eigenvalue weighted by atomic mass is 9.79. The SMILES string of the molecule is CCCC1COB(c2ccc(C(=O)O)c(F)c2)O1. The lowest BCUT2D eigenvalue weighted by molar-refractivity contribution is 0.0692. The number of hydrogen-bond acceptors (Lipinski definition) is 3. The molecule has 4 nitrogen and oxygen atoms in total. The molecule has 0 aliphatic carbocycles. The topological polar surface area (TPSA) is 55.8 Å². The Bertz CT molecular complexity index is 452. The summed E-state index contributed by atoms with van der Waals surface area (Å²) in [7, 11) is -0.598. The van der Waals surface area contributed by atoms with Crippen LogP contribution in [0.25, 0.3) is 0 Å². The molecule has 0 aromatic heterocycles. The maximum absolute atomic E-state index is 13.5. The van der Waals surface area contributed by atoms with E-state index in [1.807, 2.05) is 0 Å². The largest absolute Gasteiger partial charge is 0.494 e. The molecule has 1 saturated heterocycles. The Morgan fingerprint density at radius 1 is 1.61 bits per heavy atom. The third kappa shape index (κ3) is 2.71. The molecule has 0 bridgehead atoms. The molecular formula is C12H14BFO4. The third-order valence-corrected chi connectivity index (χ3v) is 2.86. The van der Waals surface area contributed by atoms with E-state index in [0.717, 1.165) is 18.9 Å². The molecule has 1 atom stereocenters. The van der Waals surface area contributed by atoms with Gasteiger partial charge in [-0.2, -0.15) is 0 Å². The van der Waals surface area contributed by atoms with Gasteiger partial charge in [0.05, 0.1) is 18.3 Å². The van der Waals surface area contributed by atoms with Crippen LogP contribution in [-0.2, 0) is 9.31 Å². The first-order valence-corrected chi connectivity index (χ1v) is 5.91. The number of hydrogen-bond donors (Lipinski definition) is 1. The van der Waals surface area contributed by atoms with Crippen LogP contribution in [0.5, 0.6) is 0 Å². The minimum Gasteiger partial charge on any atom is -0.478 e. The van der Waals surface area contributed by atoms with Crippen molar-refractivity contribution >= 4 is 18.6 Å². The Morgan fingerprint density at radius 3 is 3.00 bits per heavy atom. The summed E-state index contributed by atoms with van der Waals surface area (Å²) >= 11 is 0. The zero-order valence-electron chi connectivity index (χ0n) is 10.1. The standard InChI is InChI=1S/C12H14BFO4/c1-2-3-9-7-17-13(18-9)8-4-5-10(12(15)16)11(14)6-8/h4-6,9H,2-3,7H2,1H3,(H,15,16). The second kappa shape index (κ2) is 5.50. The molecule has 1 aliphatic rings. The maximum atomic E-state index is 13.5. The van der Waals surface area contributed by atoms with Crippen LogP contribution in [-0.4, -0.2) is 30.9 Å². The number of halogens is 1. The second-order valence-electron chi connectivity index (χ2n) is 4.26. The molecule has 0 radical (unpaired) electrons. The fourth-order valence-corrected chi connectivity index (χ4v) is 1.95. The van der Waals surface area contributed by atoms with Crippen LogP contribution in [0, 0.1) is 5.82 Å². The Balaban J connectivity index is 2.11. The summed E-state index contributed by atoms with van der Waals surface area (Å²) in [6.45, 7) is 2.54. The summed E-state index contributed by atoms with van der Waals surface area (Å²) in [5.41, 5.74) is 0.165. The van der Waals surface area contributed by atoms with E-state index >= 15 is 0 Å². The summed E-state index contributed by atoms with van der Waals surface area (Å²) in [5.74, 6) is -2.05. The van der Waals surface area contributed by atoms with Gasteiger partial charge in [0.25, 0.3) is 0 Å². The number of rotatable bonds is 4. The van der Waals surface area contributed by atoms with Gasteiger partial charge in [0, 0.05) is 0 Å². The van der Waals surface area contributed by atoms with Crippen molar-refractivity contribution in [2.45, 2.75) is 25.9 Å². The van der Waals surface area contributed by atoms with Crippen LogP contribution >= 0.6 is 0 Å². The lowest BCUT2D eigenvalue weighted by Crippen LogP contribution is -2.33. The van der Waals surface area contributed by atoms with E-state index in [0.29, 0.717) is 12.1 Å². The molecule has 1 fully saturated rings.